The first kappa shape index (κ1) is 16.4. The zero-order chi connectivity index (χ0) is 16.9. The van der Waals surface area contributed by atoms with E-state index < -0.39 is 0 Å². The number of benzene rings is 2. The summed E-state index contributed by atoms with van der Waals surface area (Å²) >= 11 is 1.68. The fourth-order valence-electron chi connectivity index (χ4n) is 2.56. The number of aldehydes is 1. The fraction of sp³-hybridized carbons (Fsp3) is 0.150. The quantitative estimate of drug-likeness (QED) is 0.755. The summed E-state index contributed by atoms with van der Waals surface area (Å²) in [6.45, 7) is 0. The molecule has 0 fully saturated rings. The van der Waals surface area contributed by atoms with Gasteiger partial charge in [-0.05, 0) is 47.0 Å². The van der Waals surface area contributed by atoms with E-state index in [9.17, 15) is 4.79 Å². The second-order valence-electron chi connectivity index (χ2n) is 5.33. The minimum atomic E-state index is 0.685. The Labute approximate surface area is 146 Å². The van der Waals surface area contributed by atoms with Crippen LogP contribution in [0.4, 0.5) is 0 Å². The fourth-order valence-corrected chi connectivity index (χ4v) is 3.66. The third-order valence-corrected chi connectivity index (χ3v) is 5.08. The van der Waals surface area contributed by atoms with Crippen molar-refractivity contribution in [1.29, 1.82) is 0 Å². The highest BCUT2D eigenvalue weighted by Crippen LogP contribution is 2.41. The monoisotopic (exact) mass is 338 g/mol. The summed E-state index contributed by atoms with van der Waals surface area (Å²) in [5, 5.41) is 0. The minimum Gasteiger partial charge on any atom is -0.497 e. The maximum absolute atomic E-state index is 11.2. The van der Waals surface area contributed by atoms with Gasteiger partial charge in [0.15, 0.2) is 0 Å². The summed E-state index contributed by atoms with van der Waals surface area (Å²) in [5.74, 6) is 2.33. The predicted molar refractivity (Wildman–Crippen MR) is 99.4 cm³/mol. The molecule has 0 saturated carbocycles. The van der Waals surface area contributed by atoms with Crippen molar-refractivity contribution >= 4 is 28.5 Å². The van der Waals surface area contributed by atoms with E-state index in [1.165, 1.54) is 0 Å². The van der Waals surface area contributed by atoms with Gasteiger partial charge in [-0.25, -0.2) is 0 Å². The van der Waals surface area contributed by atoms with E-state index in [0.717, 1.165) is 45.0 Å². The lowest BCUT2D eigenvalue weighted by Gasteiger charge is -2.19. The Balaban J connectivity index is 2.09. The average molecular weight is 338 g/mol. The Hall–Kier alpha value is -2.46. The molecule has 4 heteroatoms. The molecular weight excluding hydrogens is 320 g/mol. The molecular formula is C20H18O3S. The number of hydrogen-bond donors (Lipinski definition) is 0. The van der Waals surface area contributed by atoms with Gasteiger partial charge in [-0.3, -0.25) is 4.79 Å². The van der Waals surface area contributed by atoms with Gasteiger partial charge >= 0.3 is 0 Å². The molecule has 0 saturated heterocycles. The van der Waals surface area contributed by atoms with Crippen molar-refractivity contribution in [3.63, 3.8) is 0 Å². The molecule has 0 amide bonds. The molecule has 122 valence electrons. The van der Waals surface area contributed by atoms with Crippen LogP contribution in [0.15, 0.2) is 60.2 Å². The lowest BCUT2D eigenvalue weighted by molar-refractivity contribution is -0.104. The first-order valence-electron chi connectivity index (χ1n) is 7.57. The van der Waals surface area contributed by atoms with Crippen LogP contribution in [0, 0.1) is 0 Å². The Morgan fingerprint density at radius 2 is 1.42 bits per heavy atom. The van der Waals surface area contributed by atoms with E-state index >= 15 is 0 Å². The lowest BCUT2D eigenvalue weighted by Crippen LogP contribution is -2.00. The maximum Gasteiger partial charge on any atom is 0.146 e. The van der Waals surface area contributed by atoms with E-state index in [4.69, 9.17) is 9.47 Å². The van der Waals surface area contributed by atoms with Crippen LogP contribution in [-0.2, 0) is 4.79 Å². The minimum absolute atomic E-state index is 0.685. The normalized spacial score (nSPS) is 14.2. The molecule has 0 spiro atoms. The van der Waals surface area contributed by atoms with Crippen molar-refractivity contribution in [2.45, 2.75) is 0 Å². The van der Waals surface area contributed by atoms with Gasteiger partial charge in [0.05, 0.1) is 14.2 Å². The zero-order valence-electron chi connectivity index (χ0n) is 13.6. The average Bonchev–Trinajstić information content (AvgIpc) is 2.67. The summed E-state index contributed by atoms with van der Waals surface area (Å²) in [6, 6.07) is 15.9. The van der Waals surface area contributed by atoms with Gasteiger partial charge in [0.2, 0.25) is 0 Å². The summed E-state index contributed by atoms with van der Waals surface area (Å²) < 4.78 is 10.5. The highest BCUT2D eigenvalue weighted by atomic mass is 32.2. The summed E-state index contributed by atoms with van der Waals surface area (Å²) in [7, 11) is 3.31. The molecule has 0 radical (unpaired) electrons. The highest BCUT2D eigenvalue weighted by molar-refractivity contribution is 8.08. The van der Waals surface area contributed by atoms with Crippen LogP contribution in [0.1, 0.15) is 11.1 Å². The summed E-state index contributed by atoms with van der Waals surface area (Å²) in [6.07, 6.45) is 2.91. The number of carbonyl (C=O) groups excluding carboxylic acids is 1. The smallest absolute Gasteiger partial charge is 0.146 e. The van der Waals surface area contributed by atoms with Crippen molar-refractivity contribution in [2.75, 3.05) is 20.0 Å². The molecule has 0 atom stereocenters. The van der Waals surface area contributed by atoms with E-state index in [0.29, 0.717) is 5.75 Å². The second kappa shape index (κ2) is 7.41. The molecule has 2 aromatic carbocycles. The van der Waals surface area contributed by atoms with E-state index in [-0.39, 0.29) is 0 Å². The molecule has 1 aliphatic rings. The number of ether oxygens (including phenoxy) is 2. The molecule has 2 aromatic rings. The molecule has 1 heterocycles. The van der Waals surface area contributed by atoms with E-state index in [2.05, 4.69) is 0 Å². The van der Waals surface area contributed by atoms with Crippen LogP contribution < -0.4 is 9.47 Å². The number of methoxy groups -OCH3 is 2. The molecule has 0 N–H and O–H groups in total. The van der Waals surface area contributed by atoms with Gasteiger partial charge < -0.3 is 9.47 Å². The number of thioether (sulfide) groups is 1. The number of allylic oxidation sites excluding steroid dienone is 2. The van der Waals surface area contributed by atoms with Crippen LogP contribution in [0.3, 0.4) is 0 Å². The van der Waals surface area contributed by atoms with Crippen LogP contribution >= 0.6 is 11.8 Å². The van der Waals surface area contributed by atoms with Gasteiger partial charge in [0.25, 0.3) is 0 Å². The van der Waals surface area contributed by atoms with Gasteiger partial charge in [0, 0.05) is 16.2 Å². The third-order valence-electron chi connectivity index (χ3n) is 3.86. The number of hydrogen-bond acceptors (Lipinski definition) is 4. The van der Waals surface area contributed by atoms with Crippen molar-refractivity contribution in [2.24, 2.45) is 0 Å². The first-order chi connectivity index (χ1) is 11.7. The SMILES string of the molecule is COc1ccc(C2=C(c3ccc(OC)cc3)SCC(C=O)=C2)cc1. The molecule has 0 aromatic heterocycles. The molecule has 0 unspecified atom stereocenters. The zero-order valence-corrected chi connectivity index (χ0v) is 14.4. The van der Waals surface area contributed by atoms with Crippen molar-refractivity contribution in [1.82, 2.24) is 0 Å². The Bertz CT molecular complexity index is 787. The maximum atomic E-state index is 11.2. The van der Waals surface area contributed by atoms with Gasteiger partial charge in [0.1, 0.15) is 17.8 Å². The molecule has 0 bridgehead atoms. The van der Waals surface area contributed by atoms with Crippen LogP contribution in [-0.4, -0.2) is 26.3 Å². The standard InChI is InChI=1S/C20H18O3S/c1-22-17-7-3-15(4-8-17)19-11-14(12-21)13-24-20(19)16-5-9-18(23-2)10-6-16/h3-12H,13H2,1-2H3. The van der Waals surface area contributed by atoms with Crippen molar-refractivity contribution in [3.05, 3.63) is 71.3 Å². The summed E-state index contributed by atoms with van der Waals surface area (Å²) in [4.78, 5) is 12.4. The van der Waals surface area contributed by atoms with Crippen LogP contribution in [0.5, 0.6) is 11.5 Å². The molecule has 1 aliphatic heterocycles. The third kappa shape index (κ3) is 3.39. The van der Waals surface area contributed by atoms with Crippen LogP contribution in [0.2, 0.25) is 0 Å². The van der Waals surface area contributed by atoms with Crippen LogP contribution in [0.25, 0.3) is 10.5 Å². The Morgan fingerprint density at radius 1 is 0.875 bits per heavy atom. The summed E-state index contributed by atoms with van der Waals surface area (Å²) in [5.41, 5.74) is 4.03. The Kier molecular flexibility index (Phi) is 5.06. The highest BCUT2D eigenvalue weighted by Gasteiger charge is 2.17. The molecule has 3 rings (SSSR count). The molecule has 3 nitrogen and oxygen atoms in total. The topological polar surface area (TPSA) is 35.5 Å². The molecule has 24 heavy (non-hydrogen) atoms. The van der Waals surface area contributed by atoms with Gasteiger partial charge in [-0.1, -0.05) is 24.3 Å². The van der Waals surface area contributed by atoms with Gasteiger partial charge in [-0.15, -0.1) is 11.8 Å². The van der Waals surface area contributed by atoms with Crippen molar-refractivity contribution in [3.8, 4) is 11.5 Å². The van der Waals surface area contributed by atoms with E-state index in [1.807, 2.05) is 54.6 Å². The number of rotatable bonds is 5. The number of carbonyl (C=O) groups is 1. The Morgan fingerprint density at radius 3 is 1.92 bits per heavy atom. The second-order valence-corrected chi connectivity index (χ2v) is 6.31. The largest absolute Gasteiger partial charge is 0.497 e. The van der Waals surface area contributed by atoms with E-state index in [1.54, 1.807) is 26.0 Å². The predicted octanol–water partition coefficient (Wildman–Crippen LogP) is 4.44. The molecule has 0 aliphatic carbocycles. The lowest BCUT2D eigenvalue weighted by atomic mass is 9.99. The van der Waals surface area contributed by atoms with Crippen molar-refractivity contribution < 1.29 is 14.3 Å². The van der Waals surface area contributed by atoms with Gasteiger partial charge in [-0.2, -0.15) is 0 Å². The first-order valence-corrected chi connectivity index (χ1v) is 8.55.